The zero-order valence-corrected chi connectivity index (χ0v) is 24.8. The van der Waals surface area contributed by atoms with Crippen LogP contribution in [0, 0.1) is 0 Å². The molecule has 1 aliphatic rings. The van der Waals surface area contributed by atoms with Crippen molar-refractivity contribution in [3.63, 3.8) is 0 Å². The fourth-order valence-corrected chi connectivity index (χ4v) is 6.44. The van der Waals surface area contributed by atoms with Crippen molar-refractivity contribution in [2.45, 2.75) is 42.3 Å². The van der Waals surface area contributed by atoms with E-state index in [1.165, 1.54) is 28.0 Å². The van der Waals surface area contributed by atoms with Crippen LogP contribution in [-0.4, -0.2) is 27.0 Å². The first-order valence-electron chi connectivity index (χ1n) is 12.3. The van der Waals surface area contributed by atoms with E-state index >= 15 is 0 Å². The summed E-state index contributed by atoms with van der Waals surface area (Å²) in [5.74, 6) is -1.02. The molecule has 1 aliphatic heterocycles. The van der Waals surface area contributed by atoms with Gasteiger partial charge in [0.15, 0.2) is 4.34 Å². The van der Waals surface area contributed by atoms with E-state index in [1.807, 2.05) is 54.6 Å². The Morgan fingerprint density at radius 3 is 2.28 bits per heavy atom. The quantitative estimate of drug-likeness (QED) is 0.0790. The average molecular weight is 621 g/mol. The first-order chi connectivity index (χ1) is 18.6. The van der Waals surface area contributed by atoms with Gasteiger partial charge < -0.3 is 5.11 Å². The maximum Gasteiger partial charge on any atom is 0.301 e. The Balaban J connectivity index is 1.56. The number of ketones is 1. The summed E-state index contributed by atoms with van der Waals surface area (Å²) in [6, 6.07) is 23.9. The van der Waals surface area contributed by atoms with E-state index in [0.29, 0.717) is 26.4 Å². The number of hydrogen-bond donors (Lipinski definition) is 1. The van der Waals surface area contributed by atoms with Gasteiger partial charge in [-0.2, -0.15) is 0 Å². The standard InChI is InChI=1S/C30H26BrN3O3S2/c1-30(2,3)21-13-9-19(10-14-21)24-23(25(35)20-11-15-22(31)16-12-20)26(36)27(37)34(24)28-32-33-29(39-28)38-17-18-7-5-4-6-8-18/h4-16,24,35H,17H2,1-3H3/b25-23-. The molecule has 6 nitrogen and oxygen atoms in total. The predicted octanol–water partition coefficient (Wildman–Crippen LogP) is 7.52. The fourth-order valence-electron chi connectivity index (χ4n) is 4.35. The maximum atomic E-state index is 13.5. The van der Waals surface area contributed by atoms with Gasteiger partial charge in [0, 0.05) is 15.8 Å². The zero-order valence-electron chi connectivity index (χ0n) is 21.6. The van der Waals surface area contributed by atoms with Crippen molar-refractivity contribution in [1.82, 2.24) is 10.2 Å². The molecule has 1 N–H and O–H groups in total. The molecule has 2 heterocycles. The minimum absolute atomic E-state index is 0.0273. The Kier molecular flexibility index (Phi) is 7.75. The number of amides is 1. The molecule has 1 aromatic heterocycles. The number of aliphatic hydroxyl groups is 1. The molecule has 3 aromatic carbocycles. The van der Waals surface area contributed by atoms with Gasteiger partial charge in [-0.15, -0.1) is 10.2 Å². The van der Waals surface area contributed by atoms with Crippen LogP contribution in [0.25, 0.3) is 5.76 Å². The highest BCUT2D eigenvalue weighted by atomic mass is 79.9. The second kappa shape index (κ2) is 11.1. The third-order valence-electron chi connectivity index (χ3n) is 6.46. The third kappa shape index (κ3) is 5.71. The predicted molar refractivity (Wildman–Crippen MR) is 160 cm³/mol. The third-order valence-corrected chi connectivity index (χ3v) is 9.12. The Morgan fingerprint density at radius 2 is 1.64 bits per heavy atom. The molecular formula is C30H26BrN3O3S2. The van der Waals surface area contributed by atoms with Crippen LogP contribution in [0.1, 0.15) is 49.1 Å². The summed E-state index contributed by atoms with van der Waals surface area (Å²) >= 11 is 6.17. The van der Waals surface area contributed by atoms with Crippen molar-refractivity contribution in [2.75, 3.05) is 4.90 Å². The first kappa shape index (κ1) is 27.3. The Bertz CT molecular complexity index is 1540. The van der Waals surface area contributed by atoms with E-state index in [0.717, 1.165) is 15.6 Å². The Hall–Kier alpha value is -3.27. The van der Waals surface area contributed by atoms with Crippen molar-refractivity contribution in [3.8, 4) is 0 Å². The van der Waals surface area contributed by atoms with Crippen LogP contribution in [0.2, 0.25) is 0 Å². The van der Waals surface area contributed by atoms with Crippen LogP contribution < -0.4 is 4.90 Å². The summed E-state index contributed by atoms with van der Waals surface area (Å²) < 4.78 is 1.52. The molecule has 0 radical (unpaired) electrons. The molecular weight excluding hydrogens is 594 g/mol. The van der Waals surface area contributed by atoms with Gasteiger partial charge in [0.1, 0.15) is 5.76 Å². The Labute approximate surface area is 243 Å². The summed E-state index contributed by atoms with van der Waals surface area (Å²) in [5, 5.41) is 20.2. The number of nitrogens with zero attached hydrogens (tertiary/aromatic N) is 3. The number of aromatic nitrogens is 2. The van der Waals surface area contributed by atoms with Crippen molar-refractivity contribution >= 4 is 61.6 Å². The number of Topliss-reactive ketones (excluding diaryl/α,β-unsaturated/α-hetero) is 1. The van der Waals surface area contributed by atoms with Gasteiger partial charge in [-0.3, -0.25) is 14.5 Å². The molecule has 1 fully saturated rings. The van der Waals surface area contributed by atoms with Crippen LogP contribution in [0.5, 0.6) is 0 Å². The summed E-state index contributed by atoms with van der Waals surface area (Å²) in [7, 11) is 0. The van der Waals surface area contributed by atoms with E-state index in [4.69, 9.17) is 0 Å². The molecule has 198 valence electrons. The van der Waals surface area contributed by atoms with Crippen LogP contribution in [0.15, 0.2) is 93.2 Å². The minimum atomic E-state index is -0.845. The van der Waals surface area contributed by atoms with E-state index in [1.54, 1.807) is 24.3 Å². The highest BCUT2D eigenvalue weighted by molar-refractivity contribution is 9.10. The zero-order chi connectivity index (χ0) is 27.7. The second-order valence-electron chi connectivity index (χ2n) is 10.2. The van der Waals surface area contributed by atoms with Crippen LogP contribution >= 0.6 is 39.0 Å². The monoisotopic (exact) mass is 619 g/mol. The molecule has 1 saturated heterocycles. The fraction of sp³-hybridized carbons (Fsp3) is 0.200. The van der Waals surface area contributed by atoms with E-state index < -0.39 is 17.7 Å². The van der Waals surface area contributed by atoms with Crippen LogP contribution in [0.3, 0.4) is 0 Å². The lowest BCUT2D eigenvalue weighted by atomic mass is 9.85. The van der Waals surface area contributed by atoms with Crippen molar-refractivity contribution in [1.29, 1.82) is 0 Å². The van der Waals surface area contributed by atoms with Gasteiger partial charge in [-0.25, -0.2) is 0 Å². The van der Waals surface area contributed by atoms with Gasteiger partial charge in [0.2, 0.25) is 5.13 Å². The number of aliphatic hydroxyl groups excluding tert-OH is 1. The molecule has 39 heavy (non-hydrogen) atoms. The van der Waals surface area contributed by atoms with Gasteiger partial charge in [0.25, 0.3) is 5.78 Å². The number of rotatable bonds is 6. The van der Waals surface area contributed by atoms with Gasteiger partial charge in [-0.05, 0) is 34.2 Å². The number of thioether (sulfide) groups is 1. The molecule has 1 amide bonds. The van der Waals surface area contributed by atoms with Gasteiger partial charge >= 0.3 is 5.91 Å². The van der Waals surface area contributed by atoms with Crippen molar-refractivity contribution in [2.24, 2.45) is 0 Å². The average Bonchev–Trinajstić information content (AvgIpc) is 3.49. The normalized spacial score (nSPS) is 17.1. The molecule has 1 unspecified atom stereocenters. The smallest absolute Gasteiger partial charge is 0.301 e. The molecule has 9 heteroatoms. The first-order valence-corrected chi connectivity index (χ1v) is 14.9. The van der Waals surface area contributed by atoms with E-state index in [2.05, 4.69) is 46.9 Å². The van der Waals surface area contributed by atoms with Crippen LogP contribution in [-0.2, 0) is 20.8 Å². The van der Waals surface area contributed by atoms with Crippen molar-refractivity contribution in [3.05, 3.63) is 111 Å². The number of hydrogen-bond acceptors (Lipinski definition) is 7. The van der Waals surface area contributed by atoms with E-state index in [9.17, 15) is 14.7 Å². The lowest BCUT2D eigenvalue weighted by Gasteiger charge is -2.24. The van der Waals surface area contributed by atoms with Crippen LogP contribution in [0.4, 0.5) is 5.13 Å². The molecule has 4 aromatic rings. The summed E-state index contributed by atoms with van der Waals surface area (Å²) in [5.41, 5.74) is 3.37. The minimum Gasteiger partial charge on any atom is -0.507 e. The number of benzene rings is 3. The molecule has 0 aliphatic carbocycles. The Morgan fingerprint density at radius 1 is 0.974 bits per heavy atom. The summed E-state index contributed by atoms with van der Waals surface area (Å²) in [6.45, 7) is 6.37. The second-order valence-corrected chi connectivity index (χ2v) is 13.3. The van der Waals surface area contributed by atoms with E-state index in [-0.39, 0.29) is 16.7 Å². The number of carbonyl (C=O) groups excluding carboxylic acids is 2. The summed E-state index contributed by atoms with van der Waals surface area (Å²) in [4.78, 5) is 28.3. The number of carbonyl (C=O) groups is 2. The van der Waals surface area contributed by atoms with Crippen molar-refractivity contribution < 1.29 is 14.7 Å². The SMILES string of the molecule is CC(C)(C)c1ccc(C2/C(=C(/O)c3ccc(Br)cc3)C(=O)C(=O)N2c2nnc(SCc3ccccc3)s2)cc1. The molecule has 0 saturated carbocycles. The molecule has 0 spiro atoms. The summed E-state index contributed by atoms with van der Waals surface area (Å²) in [6.07, 6.45) is 0. The highest BCUT2D eigenvalue weighted by Crippen LogP contribution is 2.44. The highest BCUT2D eigenvalue weighted by Gasteiger charge is 2.48. The maximum absolute atomic E-state index is 13.5. The lowest BCUT2D eigenvalue weighted by molar-refractivity contribution is -0.132. The molecule has 5 rings (SSSR count). The number of anilines is 1. The van der Waals surface area contributed by atoms with Gasteiger partial charge in [-0.1, -0.05) is 127 Å². The largest absolute Gasteiger partial charge is 0.507 e. The lowest BCUT2D eigenvalue weighted by Crippen LogP contribution is -2.29. The molecule has 0 bridgehead atoms. The number of halogens is 1. The van der Waals surface area contributed by atoms with Gasteiger partial charge in [0.05, 0.1) is 11.6 Å². The topological polar surface area (TPSA) is 83.4 Å². The molecule has 1 atom stereocenters.